The van der Waals surface area contributed by atoms with Crippen LogP contribution in [0, 0.1) is 0 Å². The molecule has 0 saturated carbocycles. The van der Waals surface area contributed by atoms with Gasteiger partial charge in [0.1, 0.15) is 0 Å². The summed E-state index contributed by atoms with van der Waals surface area (Å²) in [6.07, 6.45) is 3.79. The summed E-state index contributed by atoms with van der Waals surface area (Å²) in [5.41, 5.74) is 0.159. The molecule has 0 aromatic carbocycles. The van der Waals surface area contributed by atoms with Gasteiger partial charge in [0.15, 0.2) is 0 Å². The van der Waals surface area contributed by atoms with Gasteiger partial charge in [0, 0.05) is 12.6 Å². The summed E-state index contributed by atoms with van der Waals surface area (Å²) in [6.45, 7) is 1.72. The van der Waals surface area contributed by atoms with Crippen molar-refractivity contribution in [1.82, 2.24) is 10.3 Å². The van der Waals surface area contributed by atoms with E-state index in [0.29, 0.717) is 11.4 Å². The number of piperidine rings is 1. The highest BCUT2D eigenvalue weighted by Crippen LogP contribution is 2.25. The van der Waals surface area contributed by atoms with Crippen molar-refractivity contribution >= 4 is 11.6 Å². The molecule has 15 heavy (non-hydrogen) atoms. The Morgan fingerprint density at radius 1 is 1.47 bits per heavy atom. The standard InChI is InChI=1S/C11H15ClN2O/c12-9-2-1-5-14-10(9)8-11(15)3-6-13-7-4-11/h1-2,5,13,15H,3-4,6-8H2. The van der Waals surface area contributed by atoms with E-state index in [1.54, 1.807) is 12.3 Å². The van der Waals surface area contributed by atoms with Crippen LogP contribution in [0.1, 0.15) is 18.5 Å². The molecule has 0 spiro atoms. The first-order valence-corrected chi connectivity index (χ1v) is 5.60. The van der Waals surface area contributed by atoms with Gasteiger partial charge < -0.3 is 10.4 Å². The number of nitrogens with zero attached hydrogens (tertiary/aromatic N) is 1. The molecular weight excluding hydrogens is 212 g/mol. The van der Waals surface area contributed by atoms with Crippen molar-refractivity contribution in [3.05, 3.63) is 29.0 Å². The second-order valence-corrected chi connectivity index (χ2v) is 4.49. The quantitative estimate of drug-likeness (QED) is 0.801. The summed E-state index contributed by atoms with van der Waals surface area (Å²) >= 11 is 6.02. The SMILES string of the molecule is OC1(Cc2ncccc2Cl)CCNCC1. The maximum absolute atomic E-state index is 10.3. The maximum atomic E-state index is 10.3. The van der Waals surface area contributed by atoms with Crippen molar-refractivity contribution in [2.45, 2.75) is 24.9 Å². The normalized spacial score (nSPS) is 20.1. The van der Waals surface area contributed by atoms with Crippen LogP contribution in [0.15, 0.2) is 18.3 Å². The first-order valence-electron chi connectivity index (χ1n) is 5.22. The summed E-state index contributed by atoms with van der Waals surface area (Å²) in [6, 6.07) is 3.62. The van der Waals surface area contributed by atoms with Gasteiger partial charge in [-0.15, -0.1) is 0 Å². The molecular formula is C11H15ClN2O. The first kappa shape index (κ1) is 10.9. The number of aliphatic hydroxyl groups is 1. The van der Waals surface area contributed by atoms with Gasteiger partial charge in [-0.2, -0.15) is 0 Å². The average Bonchev–Trinajstić information content (AvgIpc) is 2.22. The lowest BCUT2D eigenvalue weighted by Crippen LogP contribution is -2.43. The Morgan fingerprint density at radius 3 is 2.87 bits per heavy atom. The Kier molecular flexibility index (Phi) is 3.24. The molecule has 0 radical (unpaired) electrons. The first-order chi connectivity index (χ1) is 7.20. The van der Waals surface area contributed by atoms with Gasteiger partial charge >= 0.3 is 0 Å². The molecule has 1 fully saturated rings. The van der Waals surface area contributed by atoms with Crippen LogP contribution in [0.4, 0.5) is 0 Å². The summed E-state index contributed by atoms with van der Waals surface area (Å²) < 4.78 is 0. The highest BCUT2D eigenvalue weighted by molar-refractivity contribution is 6.31. The Labute approximate surface area is 94.5 Å². The van der Waals surface area contributed by atoms with Crippen molar-refractivity contribution in [3.8, 4) is 0 Å². The fourth-order valence-corrected chi connectivity index (χ4v) is 2.12. The number of hydrogen-bond donors (Lipinski definition) is 2. The lowest BCUT2D eigenvalue weighted by atomic mass is 9.88. The van der Waals surface area contributed by atoms with Crippen LogP contribution in [-0.4, -0.2) is 28.8 Å². The molecule has 2 rings (SSSR count). The van der Waals surface area contributed by atoms with Gasteiger partial charge in [0.25, 0.3) is 0 Å². The van der Waals surface area contributed by atoms with Crippen LogP contribution in [-0.2, 0) is 6.42 Å². The zero-order chi connectivity index (χ0) is 10.7. The molecule has 1 aromatic heterocycles. The molecule has 1 aromatic rings. The minimum absolute atomic E-state index is 0.550. The van der Waals surface area contributed by atoms with Crippen LogP contribution in [0.25, 0.3) is 0 Å². The zero-order valence-electron chi connectivity index (χ0n) is 8.54. The van der Waals surface area contributed by atoms with Gasteiger partial charge in [-0.25, -0.2) is 0 Å². The Morgan fingerprint density at radius 2 is 2.20 bits per heavy atom. The largest absolute Gasteiger partial charge is 0.389 e. The second-order valence-electron chi connectivity index (χ2n) is 4.08. The predicted molar refractivity (Wildman–Crippen MR) is 60.0 cm³/mol. The van der Waals surface area contributed by atoms with Gasteiger partial charge in [-0.05, 0) is 38.1 Å². The van der Waals surface area contributed by atoms with E-state index in [1.807, 2.05) is 6.07 Å². The van der Waals surface area contributed by atoms with Gasteiger partial charge in [0.05, 0.1) is 16.3 Å². The van der Waals surface area contributed by atoms with E-state index in [9.17, 15) is 5.11 Å². The molecule has 0 atom stereocenters. The molecule has 4 heteroatoms. The summed E-state index contributed by atoms with van der Waals surface area (Å²) in [5, 5.41) is 14.2. The van der Waals surface area contributed by atoms with E-state index >= 15 is 0 Å². The number of nitrogens with one attached hydrogen (secondary N) is 1. The van der Waals surface area contributed by atoms with E-state index in [-0.39, 0.29) is 0 Å². The Bertz CT molecular complexity index is 337. The van der Waals surface area contributed by atoms with Crippen LogP contribution in [0.3, 0.4) is 0 Å². The van der Waals surface area contributed by atoms with E-state index in [1.165, 1.54) is 0 Å². The van der Waals surface area contributed by atoms with Crippen molar-refractivity contribution in [2.24, 2.45) is 0 Å². The predicted octanol–water partition coefficient (Wildman–Crippen LogP) is 1.39. The third-order valence-corrected chi connectivity index (χ3v) is 3.21. The van der Waals surface area contributed by atoms with Crippen molar-refractivity contribution in [1.29, 1.82) is 0 Å². The lowest BCUT2D eigenvalue weighted by Gasteiger charge is -2.32. The van der Waals surface area contributed by atoms with Crippen LogP contribution in [0.2, 0.25) is 5.02 Å². The zero-order valence-corrected chi connectivity index (χ0v) is 9.30. The van der Waals surface area contributed by atoms with Gasteiger partial charge in [-0.1, -0.05) is 11.6 Å². The number of halogens is 1. The molecule has 1 aliphatic heterocycles. The minimum Gasteiger partial charge on any atom is -0.389 e. The maximum Gasteiger partial charge on any atom is 0.0727 e. The third-order valence-electron chi connectivity index (χ3n) is 2.87. The van der Waals surface area contributed by atoms with Crippen molar-refractivity contribution in [3.63, 3.8) is 0 Å². The number of pyridine rings is 1. The van der Waals surface area contributed by atoms with Crippen molar-refractivity contribution in [2.75, 3.05) is 13.1 Å². The van der Waals surface area contributed by atoms with Crippen molar-refractivity contribution < 1.29 is 5.11 Å². The molecule has 2 N–H and O–H groups in total. The summed E-state index contributed by atoms with van der Waals surface area (Å²) in [5.74, 6) is 0. The molecule has 0 aliphatic carbocycles. The average molecular weight is 227 g/mol. The van der Waals surface area contributed by atoms with E-state index < -0.39 is 5.60 Å². The Balaban J connectivity index is 2.10. The second kappa shape index (κ2) is 4.47. The minimum atomic E-state index is -0.636. The summed E-state index contributed by atoms with van der Waals surface area (Å²) in [7, 11) is 0. The van der Waals surface area contributed by atoms with Crippen LogP contribution >= 0.6 is 11.6 Å². The van der Waals surface area contributed by atoms with E-state index in [2.05, 4.69) is 10.3 Å². The fourth-order valence-electron chi connectivity index (χ4n) is 1.93. The van der Waals surface area contributed by atoms with E-state index in [0.717, 1.165) is 31.6 Å². The summed E-state index contributed by atoms with van der Waals surface area (Å²) in [4.78, 5) is 4.21. The van der Waals surface area contributed by atoms with Crippen LogP contribution in [0.5, 0.6) is 0 Å². The topological polar surface area (TPSA) is 45.2 Å². The fraction of sp³-hybridized carbons (Fsp3) is 0.545. The molecule has 0 bridgehead atoms. The molecule has 1 aliphatic rings. The lowest BCUT2D eigenvalue weighted by molar-refractivity contribution is 0.0100. The number of hydrogen-bond acceptors (Lipinski definition) is 3. The van der Waals surface area contributed by atoms with Gasteiger partial charge in [0.2, 0.25) is 0 Å². The smallest absolute Gasteiger partial charge is 0.0727 e. The van der Waals surface area contributed by atoms with Gasteiger partial charge in [-0.3, -0.25) is 4.98 Å². The number of aromatic nitrogens is 1. The number of rotatable bonds is 2. The highest BCUT2D eigenvalue weighted by atomic mass is 35.5. The third kappa shape index (κ3) is 2.68. The van der Waals surface area contributed by atoms with E-state index in [4.69, 9.17) is 11.6 Å². The molecule has 82 valence electrons. The molecule has 1 saturated heterocycles. The molecule has 0 unspecified atom stereocenters. The molecule has 2 heterocycles. The Hall–Kier alpha value is -0.640. The monoisotopic (exact) mass is 226 g/mol. The highest BCUT2D eigenvalue weighted by Gasteiger charge is 2.30. The molecule has 0 amide bonds. The molecule has 3 nitrogen and oxygen atoms in total. The van der Waals surface area contributed by atoms with Crippen LogP contribution < -0.4 is 5.32 Å².